The van der Waals surface area contributed by atoms with Crippen LogP contribution >= 0.6 is 0 Å². The quantitative estimate of drug-likeness (QED) is 0.644. The molecule has 4 rings (SSSR count). The summed E-state index contributed by atoms with van der Waals surface area (Å²) in [4.78, 5) is 12.5. The Morgan fingerprint density at radius 2 is 1.41 bits per heavy atom. The fourth-order valence-corrected chi connectivity index (χ4v) is 7.09. The Kier molecular flexibility index (Phi) is 6.70. The molecule has 2 fully saturated rings. The topological polar surface area (TPSA) is 117 Å². The van der Waals surface area contributed by atoms with Crippen LogP contribution in [0.25, 0.3) is 0 Å². The molecule has 0 unspecified atom stereocenters. The molecule has 0 bridgehead atoms. The molecule has 0 spiro atoms. The van der Waals surface area contributed by atoms with Crippen LogP contribution in [-0.4, -0.2) is 57.5 Å². The smallest absolute Gasteiger partial charge is 0.243 e. The third kappa shape index (κ3) is 4.75. The maximum absolute atomic E-state index is 13.0. The average molecular weight is 482 g/mol. The normalized spacial score (nSPS) is 19.2. The lowest BCUT2D eigenvalue weighted by molar-refractivity contribution is -0.126. The lowest BCUT2D eigenvalue weighted by Gasteiger charge is -2.30. The fraction of sp³-hybridized carbons (Fsp3) is 0.476. The van der Waals surface area contributed by atoms with E-state index in [9.17, 15) is 21.6 Å². The number of nitrogens with one attached hydrogen (secondary N) is 1. The number of amides is 1. The second-order valence-corrected chi connectivity index (χ2v) is 11.9. The molecule has 1 N–H and O–H groups in total. The van der Waals surface area contributed by atoms with Crippen LogP contribution < -0.4 is 5.32 Å². The predicted molar refractivity (Wildman–Crippen MR) is 116 cm³/mol. The molecule has 0 saturated carbocycles. The minimum atomic E-state index is -3.76. The molecular formula is C21H27N3O6S2. The minimum Gasteiger partial charge on any atom is -0.467 e. The number of sulfonamides is 2. The van der Waals surface area contributed by atoms with Crippen molar-refractivity contribution < 1.29 is 26.0 Å². The molecule has 11 heteroatoms. The summed E-state index contributed by atoms with van der Waals surface area (Å²) in [6.45, 7) is 1.75. The molecule has 2 saturated heterocycles. The highest BCUT2D eigenvalue weighted by molar-refractivity contribution is 7.89. The molecular weight excluding hydrogens is 454 g/mol. The summed E-state index contributed by atoms with van der Waals surface area (Å²) in [6.07, 6.45) is 4.06. The standard InChI is InChI=1S/C21H27N3O6S2/c25-21(22-16-18-4-3-15-30-18)17-9-13-24(14-10-17)32(28,29)20-7-5-19(6-8-20)31(26,27)23-11-1-2-12-23/h3-8,15,17H,1-2,9-14,16H2,(H,22,25). The van der Waals surface area contributed by atoms with Crippen LogP contribution in [0.2, 0.25) is 0 Å². The third-order valence-corrected chi connectivity index (χ3v) is 9.83. The zero-order chi connectivity index (χ0) is 22.8. The van der Waals surface area contributed by atoms with Gasteiger partial charge >= 0.3 is 0 Å². The molecule has 0 atom stereocenters. The van der Waals surface area contributed by atoms with Gasteiger partial charge in [-0.25, -0.2) is 16.8 Å². The van der Waals surface area contributed by atoms with Gasteiger partial charge in [0.15, 0.2) is 0 Å². The van der Waals surface area contributed by atoms with E-state index in [4.69, 9.17) is 4.42 Å². The minimum absolute atomic E-state index is 0.0543. The van der Waals surface area contributed by atoms with Gasteiger partial charge in [-0.15, -0.1) is 0 Å². The summed E-state index contributed by atoms with van der Waals surface area (Å²) in [5.74, 6) is 0.285. The van der Waals surface area contributed by atoms with Gasteiger partial charge in [0, 0.05) is 32.1 Å². The van der Waals surface area contributed by atoms with E-state index >= 15 is 0 Å². The molecule has 9 nitrogen and oxygen atoms in total. The monoisotopic (exact) mass is 481 g/mol. The summed E-state index contributed by atoms with van der Waals surface area (Å²) in [6, 6.07) is 8.93. The molecule has 1 amide bonds. The van der Waals surface area contributed by atoms with Gasteiger partial charge in [-0.3, -0.25) is 4.79 Å². The maximum atomic E-state index is 13.0. The van der Waals surface area contributed by atoms with Crippen LogP contribution in [0.15, 0.2) is 56.9 Å². The van der Waals surface area contributed by atoms with E-state index in [-0.39, 0.29) is 34.7 Å². The predicted octanol–water partition coefficient (Wildman–Crippen LogP) is 1.78. The van der Waals surface area contributed by atoms with Gasteiger partial charge in [0.2, 0.25) is 26.0 Å². The number of carbonyl (C=O) groups excluding carboxylic acids is 1. The van der Waals surface area contributed by atoms with E-state index in [2.05, 4.69) is 5.32 Å². The summed E-state index contributed by atoms with van der Waals surface area (Å²) < 4.78 is 59.3. The first kappa shape index (κ1) is 23.0. The van der Waals surface area contributed by atoms with E-state index in [0.717, 1.165) is 12.8 Å². The zero-order valence-electron chi connectivity index (χ0n) is 17.6. The number of carbonyl (C=O) groups is 1. The molecule has 0 aliphatic carbocycles. The number of furan rings is 1. The summed E-state index contributed by atoms with van der Waals surface area (Å²) in [7, 11) is -7.35. The van der Waals surface area contributed by atoms with Crippen LogP contribution in [0.5, 0.6) is 0 Å². The van der Waals surface area contributed by atoms with Crippen molar-refractivity contribution in [2.75, 3.05) is 26.2 Å². The summed E-state index contributed by atoms with van der Waals surface area (Å²) >= 11 is 0. The van der Waals surface area contributed by atoms with Crippen molar-refractivity contribution in [3.05, 3.63) is 48.4 Å². The number of hydrogen-bond donors (Lipinski definition) is 1. The van der Waals surface area contributed by atoms with E-state index in [1.54, 1.807) is 18.4 Å². The highest BCUT2D eigenvalue weighted by atomic mass is 32.2. The Balaban J connectivity index is 1.36. The summed E-state index contributed by atoms with van der Waals surface area (Å²) in [5, 5.41) is 2.82. The zero-order valence-corrected chi connectivity index (χ0v) is 19.3. The SMILES string of the molecule is O=C(NCc1ccco1)C1CCN(S(=O)(=O)c2ccc(S(=O)(=O)N3CCCC3)cc2)CC1. The number of nitrogens with zero attached hydrogens (tertiary/aromatic N) is 2. The number of benzene rings is 1. The highest BCUT2D eigenvalue weighted by Crippen LogP contribution is 2.26. The second-order valence-electron chi connectivity index (χ2n) is 8.06. The molecule has 1 aromatic carbocycles. The van der Waals surface area contributed by atoms with Crippen molar-refractivity contribution in [1.82, 2.24) is 13.9 Å². The van der Waals surface area contributed by atoms with Gasteiger partial charge in [-0.1, -0.05) is 0 Å². The summed E-state index contributed by atoms with van der Waals surface area (Å²) in [5.41, 5.74) is 0. The Morgan fingerprint density at radius 1 is 0.875 bits per heavy atom. The molecule has 174 valence electrons. The lowest BCUT2D eigenvalue weighted by atomic mass is 9.97. The van der Waals surface area contributed by atoms with Crippen molar-refractivity contribution >= 4 is 26.0 Å². The first-order valence-electron chi connectivity index (χ1n) is 10.7. The van der Waals surface area contributed by atoms with Gasteiger partial charge in [0.25, 0.3) is 0 Å². The second kappa shape index (κ2) is 9.34. The van der Waals surface area contributed by atoms with E-state index < -0.39 is 20.0 Å². The molecule has 2 aromatic rings. The molecule has 2 aliphatic heterocycles. The van der Waals surface area contributed by atoms with Crippen LogP contribution in [-0.2, 0) is 31.4 Å². The van der Waals surface area contributed by atoms with Crippen molar-refractivity contribution in [2.45, 2.75) is 42.0 Å². The maximum Gasteiger partial charge on any atom is 0.243 e. The van der Waals surface area contributed by atoms with Gasteiger partial charge in [-0.2, -0.15) is 8.61 Å². The first-order chi connectivity index (χ1) is 15.3. The lowest BCUT2D eigenvalue weighted by Crippen LogP contribution is -2.42. The highest BCUT2D eigenvalue weighted by Gasteiger charge is 2.33. The number of rotatable bonds is 7. The Labute approximate surface area is 188 Å². The van der Waals surface area contributed by atoms with Crippen LogP contribution in [0.1, 0.15) is 31.4 Å². The average Bonchev–Trinajstić information content (AvgIpc) is 3.52. The van der Waals surface area contributed by atoms with Crippen molar-refractivity contribution in [3.8, 4) is 0 Å². The molecule has 32 heavy (non-hydrogen) atoms. The molecule has 1 aromatic heterocycles. The Hall–Kier alpha value is -2.21. The third-order valence-electron chi connectivity index (χ3n) is 6.01. The van der Waals surface area contributed by atoms with Crippen LogP contribution in [0.4, 0.5) is 0 Å². The fourth-order valence-electron chi connectivity index (χ4n) is 4.10. The van der Waals surface area contributed by atoms with Gasteiger partial charge < -0.3 is 9.73 Å². The van der Waals surface area contributed by atoms with Gasteiger partial charge in [-0.05, 0) is 62.1 Å². The number of hydrogen-bond acceptors (Lipinski definition) is 6. The van der Waals surface area contributed by atoms with Crippen molar-refractivity contribution in [3.63, 3.8) is 0 Å². The van der Waals surface area contributed by atoms with Gasteiger partial charge in [0.1, 0.15) is 5.76 Å². The van der Waals surface area contributed by atoms with Crippen LogP contribution in [0, 0.1) is 5.92 Å². The Bertz CT molecular complexity index is 1130. The molecule has 2 aliphatic rings. The van der Waals surface area contributed by atoms with Crippen LogP contribution in [0.3, 0.4) is 0 Å². The first-order valence-corrected chi connectivity index (χ1v) is 13.6. The van der Waals surface area contributed by atoms with Gasteiger partial charge in [0.05, 0.1) is 22.6 Å². The van der Waals surface area contributed by atoms with E-state index in [0.29, 0.717) is 38.2 Å². The largest absolute Gasteiger partial charge is 0.467 e. The van der Waals surface area contributed by atoms with E-state index in [1.165, 1.54) is 32.9 Å². The van der Waals surface area contributed by atoms with Crippen molar-refractivity contribution in [1.29, 1.82) is 0 Å². The van der Waals surface area contributed by atoms with Crippen molar-refractivity contribution in [2.24, 2.45) is 5.92 Å². The van der Waals surface area contributed by atoms with E-state index in [1.807, 2.05) is 0 Å². The Morgan fingerprint density at radius 3 is 1.91 bits per heavy atom. The molecule has 0 radical (unpaired) electrons. The molecule has 3 heterocycles. The number of piperidine rings is 1.